The quantitative estimate of drug-likeness (QED) is 0.690. The molecule has 0 bridgehead atoms. The van der Waals surface area contributed by atoms with E-state index >= 15 is 0 Å². The molecule has 3 rings (SSSR count). The molecule has 0 aliphatic rings. The van der Waals surface area contributed by atoms with Crippen molar-refractivity contribution in [1.82, 2.24) is 0 Å². The van der Waals surface area contributed by atoms with Gasteiger partial charge in [-0.25, -0.2) is 0 Å². The highest BCUT2D eigenvalue weighted by atomic mass is 16.5. The topological polar surface area (TPSA) is 51.5 Å². The number of aryl methyl sites for hydroxylation is 3. The molecule has 1 amide bonds. The second-order valence-electron chi connectivity index (χ2n) is 6.06. The lowest BCUT2D eigenvalue weighted by molar-refractivity contribution is 0.0997. The predicted octanol–water partition coefficient (Wildman–Crippen LogP) is 5.26. The van der Waals surface area contributed by atoms with Crippen LogP contribution >= 0.6 is 0 Å². The average molecular weight is 337 g/mol. The van der Waals surface area contributed by atoms with Crippen molar-refractivity contribution in [2.45, 2.75) is 34.1 Å². The smallest absolute Gasteiger partial charge is 0.291 e. The Labute approximate surface area is 147 Å². The summed E-state index contributed by atoms with van der Waals surface area (Å²) < 4.78 is 11.3. The van der Waals surface area contributed by atoms with Gasteiger partial charge in [-0.1, -0.05) is 25.1 Å². The summed E-state index contributed by atoms with van der Waals surface area (Å²) in [6.45, 7) is 8.51. The van der Waals surface area contributed by atoms with Gasteiger partial charge in [0, 0.05) is 16.6 Å². The van der Waals surface area contributed by atoms with Gasteiger partial charge in [0.1, 0.15) is 11.3 Å². The number of anilines is 1. The molecule has 0 atom stereocenters. The zero-order chi connectivity index (χ0) is 18.0. The summed E-state index contributed by atoms with van der Waals surface area (Å²) in [6, 6.07) is 11.6. The van der Waals surface area contributed by atoms with Gasteiger partial charge in [0.25, 0.3) is 5.91 Å². The van der Waals surface area contributed by atoms with Gasteiger partial charge in [-0.2, -0.15) is 0 Å². The average Bonchev–Trinajstić information content (AvgIpc) is 2.93. The van der Waals surface area contributed by atoms with E-state index in [2.05, 4.69) is 12.2 Å². The molecule has 4 nitrogen and oxygen atoms in total. The highest BCUT2D eigenvalue weighted by Crippen LogP contribution is 2.30. The normalized spacial score (nSPS) is 10.9. The van der Waals surface area contributed by atoms with E-state index in [1.54, 1.807) is 0 Å². The highest BCUT2D eigenvalue weighted by molar-refractivity contribution is 6.07. The van der Waals surface area contributed by atoms with Gasteiger partial charge in [-0.3, -0.25) is 4.79 Å². The summed E-state index contributed by atoms with van der Waals surface area (Å²) >= 11 is 0. The van der Waals surface area contributed by atoms with Gasteiger partial charge in [0.05, 0.1) is 6.61 Å². The summed E-state index contributed by atoms with van der Waals surface area (Å²) in [5.41, 5.74) is 4.53. The molecule has 1 N–H and O–H groups in total. The third-order valence-electron chi connectivity index (χ3n) is 4.40. The molecule has 0 aliphatic carbocycles. The van der Waals surface area contributed by atoms with E-state index in [0.717, 1.165) is 39.9 Å². The van der Waals surface area contributed by atoms with Crippen LogP contribution in [-0.2, 0) is 6.42 Å². The second-order valence-corrected chi connectivity index (χ2v) is 6.06. The summed E-state index contributed by atoms with van der Waals surface area (Å²) in [7, 11) is 0. The molecule has 0 unspecified atom stereocenters. The van der Waals surface area contributed by atoms with Gasteiger partial charge in [0.15, 0.2) is 5.76 Å². The molecule has 0 aliphatic heterocycles. The van der Waals surface area contributed by atoms with Gasteiger partial charge in [-0.05, 0) is 56.5 Å². The Morgan fingerprint density at radius 3 is 2.68 bits per heavy atom. The Hall–Kier alpha value is -2.75. The van der Waals surface area contributed by atoms with E-state index < -0.39 is 0 Å². The fourth-order valence-electron chi connectivity index (χ4n) is 3.05. The molecule has 0 saturated carbocycles. The molecule has 0 radical (unpaired) electrons. The maximum Gasteiger partial charge on any atom is 0.291 e. The summed E-state index contributed by atoms with van der Waals surface area (Å²) in [5.74, 6) is 0.891. The molecule has 0 spiro atoms. The first kappa shape index (κ1) is 17.1. The van der Waals surface area contributed by atoms with Crippen molar-refractivity contribution >= 4 is 22.6 Å². The molecule has 4 heteroatoms. The van der Waals surface area contributed by atoms with Crippen LogP contribution < -0.4 is 10.1 Å². The van der Waals surface area contributed by atoms with Crippen molar-refractivity contribution in [3.63, 3.8) is 0 Å². The second kappa shape index (κ2) is 7.01. The van der Waals surface area contributed by atoms with Crippen molar-refractivity contribution in [2.75, 3.05) is 11.9 Å². The summed E-state index contributed by atoms with van der Waals surface area (Å²) in [5, 5.41) is 3.92. The maximum absolute atomic E-state index is 12.8. The monoisotopic (exact) mass is 337 g/mol. The number of para-hydroxylation sites is 1. The minimum Gasteiger partial charge on any atom is -0.494 e. The van der Waals surface area contributed by atoms with Crippen LogP contribution in [0.25, 0.3) is 11.0 Å². The fraction of sp³-hybridized carbons (Fsp3) is 0.286. The van der Waals surface area contributed by atoms with E-state index in [4.69, 9.17) is 9.15 Å². The molecule has 1 aromatic heterocycles. The number of fused-ring (bicyclic) bond motifs is 1. The number of rotatable bonds is 5. The largest absolute Gasteiger partial charge is 0.494 e. The number of carbonyl (C=O) groups is 1. The van der Waals surface area contributed by atoms with Gasteiger partial charge < -0.3 is 14.5 Å². The molecule has 3 aromatic rings. The SMILES string of the molecule is CCOc1ccc2oc(C(=O)Nc3c(C)cccc3CC)c(C)c2c1. The van der Waals surface area contributed by atoms with Crippen molar-refractivity contribution in [3.05, 3.63) is 58.8 Å². The van der Waals surface area contributed by atoms with E-state index in [1.807, 2.05) is 57.2 Å². The van der Waals surface area contributed by atoms with Crippen LogP contribution in [0.5, 0.6) is 5.75 Å². The van der Waals surface area contributed by atoms with E-state index in [1.165, 1.54) is 0 Å². The van der Waals surface area contributed by atoms with Crippen LogP contribution in [0.2, 0.25) is 0 Å². The van der Waals surface area contributed by atoms with Crippen LogP contribution in [0.1, 0.15) is 41.1 Å². The molecule has 2 aromatic carbocycles. The van der Waals surface area contributed by atoms with Crippen molar-refractivity contribution in [3.8, 4) is 5.75 Å². The van der Waals surface area contributed by atoms with Crippen LogP contribution in [0, 0.1) is 13.8 Å². The molecule has 25 heavy (non-hydrogen) atoms. The van der Waals surface area contributed by atoms with Gasteiger partial charge in [-0.15, -0.1) is 0 Å². The number of ether oxygens (including phenoxy) is 1. The lowest BCUT2D eigenvalue weighted by Crippen LogP contribution is -2.14. The van der Waals surface area contributed by atoms with E-state index in [-0.39, 0.29) is 5.91 Å². The van der Waals surface area contributed by atoms with Crippen molar-refractivity contribution < 1.29 is 13.9 Å². The Morgan fingerprint density at radius 2 is 1.96 bits per heavy atom. The molecule has 0 fully saturated rings. The Bertz CT molecular complexity index is 924. The van der Waals surface area contributed by atoms with E-state index in [0.29, 0.717) is 18.0 Å². The Balaban J connectivity index is 1.97. The lowest BCUT2D eigenvalue weighted by Gasteiger charge is -2.12. The zero-order valence-corrected chi connectivity index (χ0v) is 15.1. The van der Waals surface area contributed by atoms with Gasteiger partial charge in [0.2, 0.25) is 0 Å². The molecule has 0 saturated heterocycles. The van der Waals surface area contributed by atoms with E-state index in [9.17, 15) is 4.79 Å². The predicted molar refractivity (Wildman–Crippen MR) is 101 cm³/mol. The fourth-order valence-corrected chi connectivity index (χ4v) is 3.05. The number of amides is 1. The molecule has 130 valence electrons. The van der Waals surface area contributed by atoms with Gasteiger partial charge >= 0.3 is 0 Å². The Kier molecular flexibility index (Phi) is 4.79. The highest BCUT2D eigenvalue weighted by Gasteiger charge is 2.19. The minimum absolute atomic E-state index is 0.226. The number of hydrogen-bond donors (Lipinski definition) is 1. The zero-order valence-electron chi connectivity index (χ0n) is 15.1. The number of benzene rings is 2. The summed E-state index contributed by atoms with van der Waals surface area (Å²) in [4.78, 5) is 12.8. The first-order valence-electron chi connectivity index (χ1n) is 8.60. The molecular formula is C21H23NO3. The Morgan fingerprint density at radius 1 is 1.16 bits per heavy atom. The molecular weight excluding hydrogens is 314 g/mol. The summed E-state index contributed by atoms with van der Waals surface area (Å²) in [6.07, 6.45) is 0.855. The number of furan rings is 1. The van der Waals surface area contributed by atoms with Crippen LogP contribution in [-0.4, -0.2) is 12.5 Å². The van der Waals surface area contributed by atoms with Crippen molar-refractivity contribution in [1.29, 1.82) is 0 Å². The van der Waals surface area contributed by atoms with Crippen LogP contribution in [0.4, 0.5) is 5.69 Å². The van der Waals surface area contributed by atoms with Crippen LogP contribution in [0.3, 0.4) is 0 Å². The number of hydrogen-bond acceptors (Lipinski definition) is 3. The third kappa shape index (κ3) is 3.25. The van der Waals surface area contributed by atoms with Crippen molar-refractivity contribution in [2.24, 2.45) is 0 Å². The number of nitrogens with one attached hydrogen (secondary N) is 1. The van der Waals surface area contributed by atoms with Crippen LogP contribution in [0.15, 0.2) is 40.8 Å². The standard InChI is InChI=1S/C21H23NO3/c1-5-15-9-7-8-13(3)19(15)22-21(23)20-14(4)17-12-16(24-6-2)10-11-18(17)25-20/h7-12H,5-6H2,1-4H3,(H,22,23). The number of carbonyl (C=O) groups excluding carboxylic acids is 1. The molecule has 1 heterocycles. The lowest BCUT2D eigenvalue weighted by atomic mass is 10.1. The third-order valence-corrected chi connectivity index (χ3v) is 4.40. The first-order chi connectivity index (χ1) is 12.0. The first-order valence-corrected chi connectivity index (χ1v) is 8.60. The minimum atomic E-state index is -0.226. The maximum atomic E-state index is 12.8.